The molecule has 2 aromatic carbocycles. The van der Waals surface area contributed by atoms with Crippen LogP contribution in [0.15, 0.2) is 54.6 Å². The molecule has 0 heterocycles. The van der Waals surface area contributed by atoms with Crippen LogP contribution in [0, 0.1) is 0 Å². The first-order valence-corrected chi connectivity index (χ1v) is 9.14. The van der Waals surface area contributed by atoms with Crippen LogP contribution >= 0.6 is 0 Å². The second-order valence-corrected chi connectivity index (χ2v) is 6.15. The molecule has 2 rings (SSSR count). The van der Waals surface area contributed by atoms with Crippen LogP contribution in [0.1, 0.15) is 26.3 Å². The molecule has 1 amide bonds. The zero-order chi connectivity index (χ0) is 19.5. The summed E-state index contributed by atoms with van der Waals surface area (Å²) in [4.78, 5) is 11.7. The highest BCUT2D eigenvalue weighted by molar-refractivity contribution is 5.91. The van der Waals surface area contributed by atoms with E-state index in [0.29, 0.717) is 31.3 Å². The summed E-state index contributed by atoms with van der Waals surface area (Å²) < 4.78 is 17.1. The molecule has 0 aromatic heterocycles. The van der Waals surface area contributed by atoms with Gasteiger partial charge in [0.05, 0.1) is 6.61 Å². The molecule has 0 bridgehead atoms. The minimum atomic E-state index is -0.124. The zero-order valence-corrected chi connectivity index (χ0v) is 16.1. The summed E-state index contributed by atoms with van der Waals surface area (Å²) in [5, 5.41) is 2.82. The molecule has 0 radical (unpaired) electrons. The normalized spacial score (nSPS) is 10.8. The van der Waals surface area contributed by atoms with Crippen molar-refractivity contribution in [2.45, 2.75) is 26.8 Å². The van der Waals surface area contributed by atoms with Crippen molar-refractivity contribution in [1.82, 2.24) is 5.32 Å². The average molecular weight is 369 g/mol. The van der Waals surface area contributed by atoms with Crippen LogP contribution in [0.4, 0.5) is 0 Å². The molecule has 1 N–H and O–H groups in total. The molecule has 27 heavy (non-hydrogen) atoms. The van der Waals surface area contributed by atoms with E-state index in [1.165, 1.54) is 6.08 Å². The number of carbonyl (C=O) groups is 1. The van der Waals surface area contributed by atoms with Crippen molar-refractivity contribution in [3.8, 4) is 17.2 Å². The number of rotatable bonds is 10. The number of nitrogens with one attached hydrogen (secondary N) is 1. The first kappa shape index (κ1) is 20.4. The van der Waals surface area contributed by atoms with E-state index in [2.05, 4.69) is 5.32 Å². The van der Waals surface area contributed by atoms with E-state index < -0.39 is 0 Å². The fourth-order valence-electron chi connectivity index (χ4n) is 2.35. The van der Waals surface area contributed by atoms with Gasteiger partial charge in [-0.15, -0.1) is 0 Å². The summed E-state index contributed by atoms with van der Waals surface area (Å²) in [5.41, 5.74) is 0.866. The van der Waals surface area contributed by atoms with Crippen LogP contribution in [0.25, 0.3) is 6.08 Å². The number of hydrogen-bond acceptors (Lipinski definition) is 4. The molecule has 5 heteroatoms. The number of benzene rings is 2. The maximum atomic E-state index is 11.7. The molecule has 0 aliphatic rings. The van der Waals surface area contributed by atoms with Gasteiger partial charge in [-0.3, -0.25) is 4.79 Å². The molecule has 2 aromatic rings. The van der Waals surface area contributed by atoms with E-state index in [4.69, 9.17) is 14.2 Å². The van der Waals surface area contributed by atoms with Crippen LogP contribution in [-0.4, -0.2) is 31.8 Å². The van der Waals surface area contributed by atoms with Crippen LogP contribution in [0.2, 0.25) is 0 Å². The van der Waals surface area contributed by atoms with Gasteiger partial charge in [0.1, 0.15) is 19.0 Å². The van der Waals surface area contributed by atoms with Gasteiger partial charge in [0.25, 0.3) is 0 Å². The molecule has 0 spiro atoms. The second-order valence-electron chi connectivity index (χ2n) is 6.15. The largest absolute Gasteiger partial charge is 0.490 e. The summed E-state index contributed by atoms with van der Waals surface area (Å²) in [7, 11) is 0. The quantitative estimate of drug-likeness (QED) is 0.506. The molecule has 5 nitrogen and oxygen atoms in total. The highest BCUT2D eigenvalue weighted by Crippen LogP contribution is 2.29. The number of hydrogen-bond donors (Lipinski definition) is 1. The Morgan fingerprint density at radius 3 is 2.44 bits per heavy atom. The molecular formula is C22H27NO4. The smallest absolute Gasteiger partial charge is 0.244 e. The van der Waals surface area contributed by atoms with Crippen LogP contribution < -0.4 is 19.5 Å². The third kappa shape index (κ3) is 7.44. The molecule has 0 atom stereocenters. The lowest BCUT2D eigenvalue weighted by Crippen LogP contribution is -2.28. The highest BCUT2D eigenvalue weighted by atomic mass is 16.5. The molecule has 0 saturated carbocycles. The summed E-state index contributed by atoms with van der Waals surface area (Å²) in [5.74, 6) is 1.98. The minimum Gasteiger partial charge on any atom is -0.490 e. The summed E-state index contributed by atoms with van der Waals surface area (Å²) in [6.07, 6.45) is 3.27. The first-order chi connectivity index (χ1) is 13.1. The second kappa shape index (κ2) is 10.9. The van der Waals surface area contributed by atoms with Crippen LogP contribution in [0.5, 0.6) is 17.2 Å². The van der Waals surface area contributed by atoms with Crippen LogP contribution in [-0.2, 0) is 4.79 Å². The maximum absolute atomic E-state index is 11.7. The van der Waals surface area contributed by atoms with Gasteiger partial charge in [0.15, 0.2) is 11.5 Å². The van der Waals surface area contributed by atoms with Crippen molar-refractivity contribution in [2.24, 2.45) is 0 Å². The summed E-state index contributed by atoms with van der Waals surface area (Å²) >= 11 is 0. The van der Waals surface area contributed by atoms with E-state index in [0.717, 1.165) is 11.3 Å². The lowest BCUT2D eigenvalue weighted by atomic mass is 10.2. The van der Waals surface area contributed by atoms with Gasteiger partial charge in [-0.05, 0) is 56.7 Å². The number of carbonyl (C=O) groups excluding carboxylic acids is 1. The van der Waals surface area contributed by atoms with Crippen molar-refractivity contribution < 1.29 is 19.0 Å². The minimum absolute atomic E-state index is 0.106. The SMILES string of the molecule is CCOc1cc(/C=C/C(=O)NC(C)C)ccc1OCCOc1ccccc1. The Kier molecular flexibility index (Phi) is 8.23. The number of amides is 1. The summed E-state index contributed by atoms with van der Waals surface area (Å²) in [6.45, 7) is 7.13. The summed E-state index contributed by atoms with van der Waals surface area (Å²) in [6, 6.07) is 15.3. The molecule has 0 aliphatic carbocycles. The monoisotopic (exact) mass is 369 g/mol. The van der Waals surface area contributed by atoms with E-state index >= 15 is 0 Å². The Morgan fingerprint density at radius 2 is 1.74 bits per heavy atom. The Morgan fingerprint density at radius 1 is 1.00 bits per heavy atom. The fraction of sp³-hybridized carbons (Fsp3) is 0.318. The van der Waals surface area contributed by atoms with Crippen molar-refractivity contribution >= 4 is 12.0 Å². The predicted octanol–water partition coefficient (Wildman–Crippen LogP) is 4.08. The molecule has 0 fully saturated rings. The molecule has 0 unspecified atom stereocenters. The van der Waals surface area contributed by atoms with E-state index in [-0.39, 0.29) is 11.9 Å². The topological polar surface area (TPSA) is 56.8 Å². The zero-order valence-electron chi connectivity index (χ0n) is 16.1. The molecule has 144 valence electrons. The molecular weight excluding hydrogens is 342 g/mol. The molecule has 0 aliphatic heterocycles. The van der Waals surface area contributed by atoms with Gasteiger partial charge < -0.3 is 19.5 Å². The van der Waals surface area contributed by atoms with Gasteiger partial charge >= 0.3 is 0 Å². The van der Waals surface area contributed by atoms with Crippen molar-refractivity contribution in [3.63, 3.8) is 0 Å². The Labute approximate surface area is 161 Å². The van der Waals surface area contributed by atoms with Gasteiger partial charge in [-0.25, -0.2) is 0 Å². The van der Waals surface area contributed by atoms with Gasteiger partial charge in [0.2, 0.25) is 5.91 Å². The van der Waals surface area contributed by atoms with Crippen molar-refractivity contribution in [2.75, 3.05) is 19.8 Å². The lowest BCUT2D eigenvalue weighted by Gasteiger charge is -2.13. The Balaban J connectivity index is 1.93. The van der Waals surface area contributed by atoms with Crippen molar-refractivity contribution in [1.29, 1.82) is 0 Å². The first-order valence-electron chi connectivity index (χ1n) is 9.14. The fourth-order valence-corrected chi connectivity index (χ4v) is 2.35. The lowest BCUT2D eigenvalue weighted by molar-refractivity contribution is -0.116. The van der Waals surface area contributed by atoms with Gasteiger partial charge in [0, 0.05) is 12.1 Å². The van der Waals surface area contributed by atoms with E-state index in [1.807, 2.05) is 69.3 Å². The van der Waals surface area contributed by atoms with Gasteiger partial charge in [-0.2, -0.15) is 0 Å². The van der Waals surface area contributed by atoms with Crippen molar-refractivity contribution in [3.05, 3.63) is 60.2 Å². The Hall–Kier alpha value is -2.95. The standard InChI is InChI=1S/C22H27NO4/c1-4-25-21-16-18(11-13-22(24)23-17(2)3)10-12-20(21)27-15-14-26-19-8-6-5-7-9-19/h5-13,16-17H,4,14-15H2,1-3H3,(H,23,24)/b13-11+. The van der Waals surface area contributed by atoms with Gasteiger partial charge in [-0.1, -0.05) is 24.3 Å². The van der Waals surface area contributed by atoms with E-state index in [9.17, 15) is 4.79 Å². The number of ether oxygens (including phenoxy) is 3. The van der Waals surface area contributed by atoms with Crippen LogP contribution in [0.3, 0.4) is 0 Å². The number of para-hydroxylation sites is 1. The third-order valence-electron chi connectivity index (χ3n) is 3.48. The predicted molar refractivity (Wildman–Crippen MR) is 107 cm³/mol. The Bertz CT molecular complexity index is 741. The highest BCUT2D eigenvalue weighted by Gasteiger charge is 2.06. The van der Waals surface area contributed by atoms with E-state index in [1.54, 1.807) is 6.08 Å². The average Bonchev–Trinajstić information content (AvgIpc) is 2.65. The molecule has 0 saturated heterocycles. The third-order valence-corrected chi connectivity index (χ3v) is 3.48. The maximum Gasteiger partial charge on any atom is 0.244 e.